The number of aliphatic hydroxyl groups is 1. The van der Waals surface area contributed by atoms with Crippen molar-refractivity contribution in [1.29, 1.82) is 0 Å². The minimum Gasteiger partial charge on any atom is -0.496 e. The van der Waals surface area contributed by atoms with E-state index in [9.17, 15) is 22.7 Å². The molecule has 1 atom stereocenters. The molecule has 1 N–H and O–H groups in total. The first kappa shape index (κ1) is 14.8. The van der Waals surface area contributed by atoms with Crippen molar-refractivity contribution >= 4 is 0 Å². The molecule has 2 nitrogen and oxygen atoms in total. The molecule has 0 amide bonds. The van der Waals surface area contributed by atoms with Gasteiger partial charge in [-0.15, -0.1) is 0 Å². The van der Waals surface area contributed by atoms with E-state index in [1.807, 2.05) is 0 Å². The third-order valence-corrected chi connectivity index (χ3v) is 3.89. The van der Waals surface area contributed by atoms with Crippen molar-refractivity contribution in [3.05, 3.63) is 64.7 Å². The summed E-state index contributed by atoms with van der Waals surface area (Å²) in [5.41, 5.74) is -2.40. The van der Waals surface area contributed by atoms with Gasteiger partial charge in [-0.25, -0.2) is 0 Å². The van der Waals surface area contributed by atoms with E-state index in [4.69, 9.17) is 4.74 Å². The quantitative estimate of drug-likeness (QED) is 0.807. The number of methoxy groups -OCH3 is 1. The van der Waals surface area contributed by atoms with Crippen LogP contribution >= 0.6 is 0 Å². The van der Waals surface area contributed by atoms with Crippen LogP contribution in [0.5, 0.6) is 5.75 Å². The van der Waals surface area contributed by atoms with Crippen molar-refractivity contribution in [3.63, 3.8) is 0 Å². The van der Waals surface area contributed by atoms with Crippen LogP contribution in [0.2, 0.25) is 0 Å². The Hall–Kier alpha value is -2.08. The van der Waals surface area contributed by atoms with Gasteiger partial charge in [-0.1, -0.05) is 36.4 Å². The molecule has 2 aromatic carbocycles. The van der Waals surface area contributed by atoms with E-state index in [1.54, 1.807) is 0 Å². The van der Waals surface area contributed by atoms with Gasteiger partial charge >= 0.3 is 11.8 Å². The van der Waals surface area contributed by atoms with Gasteiger partial charge in [0.15, 0.2) is 0 Å². The first-order valence-corrected chi connectivity index (χ1v) is 6.53. The highest BCUT2D eigenvalue weighted by Gasteiger charge is 2.62. The molecule has 6 heteroatoms. The number of ether oxygens (including phenoxy) is 1. The Morgan fingerprint density at radius 3 is 2.18 bits per heavy atom. The molecule has 0 saturated heterocycles. The molecule has 0 spiro atoms. The molecular formula is C16H12F4O2. The Labute approximate surface area is 124 Å². The maximum Gasteiger partial charge on any atom is 0.340 e. The molecule has 0 heterocycles. The highest BCUT2D eigenvalue weighted by molar-refractivity contribution is 5.53. The van der Waals surface area contributed by atoms with Crippen LogP contribution in [0.4, 0.5) is 17.6 Å². The van der Waals surface area contributed by atoms with Crippen LogP contribution in [0.1, 0.15) is 28.4 Å². The van der Waals surface area contributed by atoms with E-state index in [-0.39, 0.29) is 16.9 Å². The molecule has 0 bridgehead atoms. The van der Waals surface area contributed by atoms with Crippen LogP contribution in [0.15, 0.2) is 42.5 Å². The van der Waals surface area contributed by atoms with E-state index in [0.717, 1.165) is 12.1 Å². The molecule has 116 valence electrons. The lowest BCUT2D eigenvalue weighted by atomic mass is 9.95. The van der Waals surface area contributed by atoms with E-state index in [0.29, 0.717) is 0 Å². The summed E-state index contributed by atoms with van der Waals surface area (Å²) in [5, 5.41) is 10.4. The summed E-state index contributed by atoms with van der Waals surface area (Å²) in [4.78, 5) is 0. The molecule has 0 aromatic heterocycles. The topological polar surface area (TPSA) is 29.5 Å². The lowest BCUT2D eigenvalue weighted by Crippen LogP contribution is -2.35. The summed E-state index contributed by atoms with van der Waals surface area (Å²) in [6.07, 6.45) is -1.62. The maximum absolute atomic E-state index is 14.5. The van der Waals surface area contributed by atoms with Crippen LogP contribution in [-0.4, -0.2) is 12.2 Å². The fourth-order valence-corrected chi connectivity index (χ4v) is 2.79. The van der Waals surface area contributed by atoms with Gasteiger partial charge in [0.25, 0.3) is 0 Å². The SMILES string of the molecule is COc1cccc2c1C(O)c1ccccc1C(F)(F)C2(F)F. The molecule has 0 saturated carbocycles. The molecule has 1 aliphatic carbocycles. The molecule has 1 aliphatic rings. The van der Waals surface area contributed by atoms with Crippen LogP contribution < -0.4 is 4.74 Å². The van der Waals surface area contributed by atoms with Gasteiger partial charge in [0.1, 0.15) is 11.9 Å². The summed E-state index contributed by atoms with van der Waals surface area (Å²) in [5.74, 6) is -8.97. The van der Waals surface area contributed by atoms with Crippen LogP contribution in [0.25, 0.3) is 0 Å². The molecule has 0 radical (unpaired) electrons. The van der Waals surface area contributed by atoms with Crippen molar-refractivity contribution in [2.45, 2.75) is 17.9 Å². The molecule has 22 heavy (non-hydrogen) atoms. The zero-order chi connectivity index (χ0) is 16.1. The number of alkyl halides is 4. The first-order chi connectivity index (χ1) is 10.3. The molecule has 2 aromatic rings. The predicted molar refractivity (Wildman–Crippen MR) is 71.3 cm³/mol. The highest BCUT2D eigenvalue weighted by Crippen LogP contribution is 2.56. The first-order valence-electron chi connectivity index (χ1n) is 6.53. The number of halogens is 4. The van der Waals surface area contributed by atoms with Crippen molar-refractivity contribution in [2.75, 3.05) is 7.11 Å². The zero-order valence-electron chi connectivity index (χ0n) is 11.5. The largest absolute Gasteiger partial charge is 0.496 e. The van der Waals surface area contributed by atoms with Crippen molar-refractivity contribution in [3.8, 4) is 5.75 Å². The van der Waals surface area contributed by atoms with Gasteiger partial charge in [0.2, 0.25) is 0 Å². The van der Waals surface area contributed by atoms with Gasteiger partial charge in [0.05, 0.1) is 7.11 Å². The number of aliphatic hydroxyl groups excluding tert-OH is 1. The molecule has 0 aliphatic heterocycles. The predicted octanol–water partition coefficient (Wildman–Crippen LogP) is 3.97. The Kier molecular flexibility index (Phi) is 3.18. The highest BCUT2D eigenvalue weighted by atomic mass is 19.3. The minimum absolute atomic E-state index is 0.0582. The second-order valence-electron chi connectivity index (χ2n) is 5.06. The Morgan fingerprint density at radius 1 is 0.909 bits per heavy atom. The number of fused-ring (bicyclic) bond motifs is 2. The number of hydrogen-bond acceptors (Lipinski definition) is 2. The Bertz CT molecular complexity index is 728. The average molecular weight is 312 g/mol. The Morgan fingerprint density at radius 2 is 1.50 bits per heavy atom. The monoisotopic (exact) mass is 312 g/mol. The number of hydrogen-bond donors (Lipinski definition) is 1. The van der Waals surface area contributed by atoms with Gasteiger partial charge in [-0.2, -0.15) is 17.6 Å². The number of rotatable bonds is 1. The van der Waals surface area contributed by atoms with Crippen LogP contribution in [-0.2, 0) is 11.8 Å². The second-order valence-corrected chi connectivity index (χ2v) is 5.06. The second kappa shape index (κ2) is 4.71. The van der Waals surface area contributed by atoms with Crippen molar-refractivity contribution in [1.82, 2.24) is 0 Å². The molecular weight excluding hydrogens is 300 g/mol. The van der Waals surface area contributed by atoms with Gasteiger partial charge in [0, 0.05) is 16.7 Å². The van der Waals surface area contributed by atoms with E-state index < -0.39 is 29.1 Å². The lowest BCUT2D eigenvalue weighted by Gasteiger charge is -2.27. The summed E-state index contributed by atoms with van der Waals surface area (Å²) in [6.45, 7) is 0. The fraction of sp³-hybridized carbons (Fsp3) is 0.250. The maximum atomic E-state index is 14.5. The normalized spacial score (nSPS) is 21.5. The summed E-state index contributed by atoms with van der Waals surface area (Å²) in [6, 6.07) is 8.21. The summed E-state index contributed by atoms with van der Waals surface area (Å²) < 4.78 is 62.8. The Balaban J connectivity index is 2.44. The van der Waals surface area contributed by atoms with Crippen molar-refractivity contribution in [2.24, 2.45) is 0 Å². The molecule has 3 rings (SSSR count). The van der Waals surface area contributed by atoms with Gasteiger partial charge in [-0.05, 0) is 11.6 Å². The summed E-state index contributed by atoms with van der Waals surface area (Å²) >= 11 is 0. The lowest BCUT2D eigenvalue weighted by molar-refractivity contribution is -0.223. The van der Waals surface area contributed by atoms with E-state index >= 15 is 0 Å². The van der Waals surface area contributed by atoms with Crippen LogP contribution in [0.3, 0.4) is 0 Å². The molecule has 1 unspecified atom stereocenters. The van der Waals surface area contributed by atoms with E-state index in [1.165, 1.54) is 37.4 Å². The summed E-state index contributed by atoms with van der Waals surface area (Å²) in [7, 11) is 1.23. The smallest absolute Gasteiger partial charge is 0.340 e. The van der Waals surface area contributed by atoms with Gasteiger partial charge in [-0.3, -0.25) is 0 Å². The zero-order valence-corrected chi connectivity index (χ0v) is 11.5. The minimum atomic E-state index is -4.47. The third-order valence-electron chi connectivity index (χ3n) is 3.89. The number of benzene rings is 2. The average Bonchev–Trinajstić information content (AvgIpc) is 2.56. The standard InChI is InChI=1S/C16H12F4O2/c1-22-12-8-4-7-11-13(12)14(21)9-5-2-3-6-10(9)15(17,18)16(11,19)20/h2-8,14,21H,1H3. The third kappa shape index (κ3) is 1.76. The molecule has 0 fully saturated rings. The van der Waals surface area contributed by atoms with Crippen molar-refractivity contribution < 1.29 is 27.4 Å². The fourth-order valence-electron chi connectivity index (χ4n) is 2.79. The van der Waals surface area contributed by atoms with Crippen LogP contribution in [0, 0.1) is 0 Å². The van der Waals surface area contributed by atoms with Gasteiger partial charge < -0.3 is 9.84 Å². The van der Waals surface area contributed by atoms with E-state index in [2.05, 4.69) is 0 Å².